The van der Waals surface area contributed by atoms with Gasteiger partial charge in [0, 0.05) is 23.6 Å². The van der Waals surface area contributed by atoms with Crippen LogP contribution in [0.1, 0.15) is 11.3 Å². The van der Waals surface area contributed by atoms with Gasteiger partial charge in [-0.1, -0.05) is 35.3 Å². The summed E-state index contributed by atoms with van der Waals surface area (Å²) in [5.74, 6) is 1.27. The molecule has 0 saturated carbocycles. The summed E-state index contributed by atoms with van der Waals surface area (Å²) in [4.78, 5) is 9.66. The van der Waals surface area contributed by atoms with Crippen LogP contribution in [0, 0.1) is 0 Å². The van der Waals surface area contributed by atoms with Crippen LogP contribution >= 0.6 is 34.5 Å². The van der Waals surface area contributed by atoms with Gasteiger partial charge in [-0.25, -0.2) is 4.98 Å². The Hall–Kier alpha value is -2.02. The number of oxazole rings is 1. The Kier molecular flexibility index (Phi) is 5.96. The van der Waals surface area contributed by atoms with Crippen LogP contribution in [-0.4, -0.2) is 18.0 Å². The third kappa shape index (κ3) is 4.75. The first-order valence-corrected chi connectivity index (χ1v) is 9.16. The monoisotopic (exact) mass is 394 g/mol. The van der Waals surface area contributed by atoms with Gasteiger partial charge >= 0.3 is 0 Å². The summed E-state index contributed by atoms with van der Waals surface area (Å²) < 4.78 is 5.50. The molecular formula is C17H16Cl2N4OS. The lowest BCUT2D eigenvalue weighted by Gasteiger charge is -2.12. The maximum Gasteiger partial charge on any atom is 0.236 e. The van der Waals surface area contributed by atoms with Crippen LogP contribution in [0.5, 0.6) is 0 Å². The fourth-order valence-corrected chi connectivity index (χ4v) is 3.27. The molecule has 8 heteroatoms. The van der Waals surface area contributed by atoms with Gasteiger partial charge in [0.25, 0.3) is 0 Å². The van der Waals surface area contributed by atoms with E-state index in [0.717, 1.165) is 16.1 Å². The number of hydrogen-bond acceptors (Lipinski definition) is 4. The van der Waals surface area contributed by atoms with E-state index < -0.39 is 0 Å². The first kappa shape index (κ1) is 17.8. The number of nitrogens with one attached hydrogen (secondary N) is 2. The van der Waals surface area contributed by atoms with Crippen molar-refractivity contribution in [3.05, 3.63) is 63.3 Å². The van der Waals surface area contributed by atoms with Gasteiger partial charge in [0.1, 0.15) is 6.26 Å². The number of halogens is 2. The Morgan fingerprint density at radius 3 is 2.80 bits per heavy atom. The lowest BCUT2D eigenvalue weighted by Crippen LogP contribution is -2.36. The van der Waals surface area contributed by atoms with Crippen molar-refractivity contribution in [1.82, 2.24) is 15.6 Å². The Morgan fingerprint density at radius 1 is 1.24 bits per heavy atom. The fraction of sp³-hybridized carbons (Fsp3) is 0.176. The van der Waals surface area contributed by atoms with Crippen LogP contribution < -0.4 is 10.6 Å². The van der Waals surface area contributed by atoms with E-state index in [1.165, 1.54) is 0 Å². The summed E-state index contributed by atoms with van der Waals surface area (Å²) in [5.41, 5.74) is 1.74. The second-order valence-electron chi connectivity index (χ2n) is 5.14. The van der Waals surface area contributed by atoms with Crippen molar-refractivity contribution in [2.45, 2.75) is 13.1 Å². The molecule has 130 valence electrons. The molecule has 0 saturated heterocycles. The summed E-state index contributed by atoms with van der Waals surface area (Å²) in [6.45, 7) is 1.04. The number of aliphatic imine (C=N–C) groups is 1. The molecule has 0 atom stereocenters. The molecule has 2 heterocycles. The normalized spacial score (nSPS) is 11.6. The Labute approximate surface area is 159 Å². The van der Waals surface area contributed by atoms with Crippen LogP contribution in [0.2, 0.25) is 10.0 Å². The van der Waals surface area contributed by atoms with Crippen molar-refractivity contribution >= 4 is 40.5 Å². The molecule has 3 aromatic rings. The highest BCUT2D eigenvalue weighted by Gasteiger charge is 2.08. The molecule has 1 aromatic carbocycles. The molecule has 0 aliphatic heterocycles. The molecule has 25 heavy (non-hydrogen) atoms. The van der Waals surface area contributed by atoms with E-state index in [1.807, 2.05) is 29.6 Å². The lowest BCUT2D eigenvalue weighted by molar-refractivity contribution is 0.573. The van der Waals surface area contributed by atoms with Gasteiger partial charge < -0.3 is 15.1 Å². The van der Waals surface area contributed by atoms with E-state index in [0.29, 0.717) is 35.0 Å². The van der Waals surface area contributed by atoms with Crippen molar-refractivity contribution in [2.75, 3.05) is 7.05 Å². The standard InChI is InChI=1S/C17H16Cl2N4OS/c1-20-17(21-8-11-4-5-12(18)7-14(11)19)22-9-13-10-24-16(23-13)15-3-2-6-25-15/h2-7,10H,8-9H2,1H3,(H2,20,21,22). The van der Waals surface area contributed by atoms with E-state index in [9.17, 15) is 0 Å². The van der Waals surface area contributed by atoms with E-state index >= 15 is 0 Å². The zero-order valence-corrected chi connectivity index (χ0v) is 15.8. The highest BCUT2D eigenvalue weighted by atomic mass is 35.5. The van der Waals surface area contributed by atoms with Crippen LogP contribution in [-0.2, 0) is 13.1 Å². The minimum atomic E-state index is 0.503. The highest BCUT2D eigenvalue weighted by Crippen LogP contribution is 2.23. The average molecular weight is 395 g/mol. The van der Waals surface area contributed by atoms with Gasteiger partial charge in [-0.05, 0) is 29.1 Å². The molecule has 2 N–H and O–H groups in total. The molecule has 0 fully saturated rings. The molecule has 0 bridgehead atoms. The zero-order chi connectivity index (χ0) is 17.6. The van der Waals surface area contributed by atoms with E-state index in [4.69, 9.17) is 27.6 Å². The van der Waals surface area contributed by atoms with Crippen LogP contribution in [0.3, 0.4) is 0 Å². The number of thiophene rings is 1. The number of aromatic nitrogens is 1. The third-order valence-corrected chi connectivity index (χ3v) is 4.85. The number of nitrogens with zero attached hydrogens (tertiary/aromatic N) is 2. The molecule has 0 amide bonds. The summed E-state index contributed by atoms with van der Waals surface area (Å²) in [6.07, 6.45) is 1.64. The highest BCUT2D eigenvalue weighted by molar-refractivity contribution is 7.13. The minimum absolute atomic E-state index is 0.503. The van der Waals surface area contributed by atoms with Crippen LogP contribution in [0.25, 0.3) is 10.8 Å². The Balaban J connectivity index is 1.54. The van der Waals surface area contributed by atoms with E-state index in [1.54, 1.807) is 30.7 Å². The zero-order valence-electron chi connectivity index (χ0n) is 13.4. The maximum absolute atomic E-state index is 6.17. The first-order chi connectivity index (χ1) is 12.2. The van der Waals surface area contributed by atoms with Crippen molar-refractivity contribution in [3.63, 3.8) is 0 Å². The number of benzene rings is 1. The van der Waals surface area contributed by atoms with Crippen molar-refractivity contribution in [2.24, 2.45) is 4.99 Å². The minimum Gasteiger partial charge on any atom is -0.443 e. The van der Waals surface area contributed by atoms with Crippen molar-refractivity contribution in [1.29, 1.82) is 0 Å². The second-order valence-corrected chi connectivity index (χ2v) is 6.93. The molecule has 0 unspecified atom stereocenters. The maximum atomic E-state index is 6.17. The van der Waals surface area contributed by atoms with Gasteiger partial charge in [0.2, 0.25) is 5.89 Å². The molecular weight excluding hydrogens is 379 g/mol. The van der Waals surface area contributed by atoms with Gasteiger partial charge in [0.05, 0.1) is 17.1 Å². The second kappa shape index (κ2) is 8.38. The number of guanidine groups is 1. The molecule has 0 aliphatic carbocycles. The summed E-state index contributed by atoms with van der Waals surface area (Å²) >= 11 is 13.7. The number of hydrogen-bond donors (Lipinski definition) is 2. The molecule has 0 spiro atoms. The smallest absolute Gasteiger partial charge is 0.236 e. The van der Waals surface area contributed by atoms with Crippen LogP contribution in [0.15, 0.2) is 51.4 Å². The van der Waals surface area contributed by atoms with E-state index in [2.05, 4.69) is 20.6 Å². The Bertz CT molecular complexity index is 861. The lowest BCUT2D eigenvalue weighted by atomic mass is 10.2. The largest absolute Gasteiger partial charge is 0.443 e. The molecule has 3 rings (SSSR count). The quantitative estimate of drug-likeness (QED) is 0.491. The average Bonchev–Trinajstić information content (AvgIpc) is 3.27. The fourth-order valence-electron chi connectivity index (χ4n) is 2.14. The summed E-state index contributed by atoms with van der Waals surface area (Å²) in [6, 6.07) is 9.36. The molecule has 5 nitrogen and oxygen atoms in total. The molecule has 0 radical (unpaired) electrons. The van der Waals surface area contributed by atoms with Crippen molar-refractivity contribution < 1.29 is 4.42 Å². The predicted molar refractivity (Wildman–Crippen MR) is 103 cm³/mol. The topological polar surface area (TPSA) is 62.5 Å². The van der Waals surface area contributed by atoms with Gasteiger partial charge in [-0.15, -0.1) is 11.3 Å². The van der Waals surface area contributed by atoms with E-state index in [-0.39, 0.29) is 0 Å². The Morgan fingerprint density at radius 2 is 2.08 bits per heavy atom. The number of rotatable bonds is 5. The summed E-state index contributed by atoms with van der Waals surface area (Å²) in [5, 5.41) is 9.63. The van der Waals surface area contributed by atoms with Crippen molar-refractivity contribution in [3.8, 4) is 10.8 Å². The molecule has 2 aromatic heterocycles. The third-order valence-electron chi connectivity index (χ3n) is 3.41. The predicted octanol–water partition coefficient (Wildman–Crippen LogP) is 4.58. The van der Waals surface area contributed by atoms with Gasteiger partial charge in [-0.3, -0.25) is 4.99 Å². The summed E-state index contributed by atoms with van der Waals surface area (Å²) in [7, 11) is 1.71. The molecule has 0 aliphatic rings. The van der Waals surface area contributed by atoms with Crippen LogP contribution in [0.4, 0.5) is 0 Å². The first-order valence-electron chi connectivity index (χ1n) is 7.52. The SMILES string of the molecule is CN=C(NCc1coc(-c2cccs2)n1)NCc1ccc(Cl)cc1Cl. The van der Waals surface area contributed by atoms with Gasteiger partial charge in [0.15, 0.2) is 5.96 Å². The van der Waals surface area contributed by atoms with Gasteiger partial charge in [-0.2, -0.15) is 0 Å².